The van der Waals surface area contributed by atoms with Gasteiger partial charge in [-0.2, -0.15) is 4.98 Å². The molecule has 2 aromatic heterocycles. The van der Waals surface area contributed by atoms with E-state index in [1.165, 1.54) is 12.7 Å². The van der Waals surface area contributed by atoms with Crippen LogP contribution in [-0.4, -0.2) is 48.0 Å². The summed E-state index contributed by atoms with van der Waals surface area (Å²) in [6.45, 7) is 1.90. The average molecular weight is 411 g/mol. The van der Waals surface area contributed by atoms with Gasteiger partial charge in [-0.3, -0.25) is 4.57 Å². The standard InChI is InChI=1S/C17H16Cl2N4O4/c1-8-13(24)14(25)17(27-8)23-7-22-12-15(23)20-6-21-16(12)26-5-9-2-3-10(18)11(19)4-9/h2-4,6-8,13-14,17,24-25H,5H2,1H3/t8-,13-,14-,17-/m1/s1. The summed E-state index contributed by atoms with van der Waals surface area (Å²) >= 11 is 11.9. The van der Waals surface area contributed by atoms with Gasteiger partial charge in [-0.05, 0) is 24.6 Å². The Hall–Kier alpha value is -1.97. The van der Waals surface area contributed by atoms with Crippen LogP contribution in [0.15, 0.2) is 30.9 Å². The number of imidazole rings is 1. The third-order valence-electron chi connectivity index (χ3n) is 4.44. The third kappa shape index (κ3) is 3.35. The average Bonchev–Trinajstić information content (AvgIpc) is 3.19. The third-order valence-corrected chi connectivity index (χ3v) is 5.18. The van der Waals surface area contributed by atoms with Crippen molar-refractivity contribution in [2.45, 2.75) is 38.1 Å². The first-order valence-electron chi connectivity index (χ1n) is 8.21. The summed E-state index contributed by atoms with van der Waals surface area (Å²) in [5.74, 6) is 0.283. The van der Waals surface area contributed by atoms with E-state index in [1.54, 1.807) is 29.7 Å². The van der Waals surface area contributed by atoms with Gasteiger partial charge >= 0.3 is 0 Å². The number of aliphatic hydroxyl groups excluding tert-OH is 2. The summed E-state index contributed by atoms with van der Waals surface area (Å²) in [6, 6.07) is 5.21. The molecule has 1 aromatic carbocycles. The van der Waals surface area contributed by atoms with Gasteiger partial charge in [-0.25, -0.2) is 9.97 Å². The summed E-state index contributed by atoms with van der Waals surface area (Å²) in [7, 11) is 0. The first-order valence-corrected chi connectivity index (χ1v) is 8.97. The highest BCUT2D eigenvalue weighted by Crippen LogP contribution is 2.32. The van der Waals surface area contributed by atoms with Crippen LogP contribution in [0.3, 0.4) is 0 Å². The Labute approximate surface area is 164 Å². The van der Waals surface area contributed by atoms with Crippen LogP contribution in [0, 0.1) is 0 Å². The van der Waals surface area contributed by atoms with Crippen molar-refractivity contribution in [1.82, 2.24) is 19.5 Å². The highest BCUT2D eigenvalue weighted by molar-refractivity contribution is 6.42. The molecule has 3 heterocycles. The lowest BCUT2D eigenvalue weighted by Gasteiger charge is -2.16. The number of ether oxygens (including phenoxy) is 2. The van der Waals surface area contributed by atoms with Crippen molar-refractivity contribution in [2.75, 3.05) is 0 Å². The first-order chi connectivity index (χ1) is 13.0. The van der Waals surface area contributed by atoms with E-state index in [9.17, 15) is 10.2 Å². The van der Waals surface area contributed by atoms with Crippen LogP contribution in [0.2, 0.25) is 10.0 Å². The molecule has 0 radical (unpaired) electrons. The van der Waals surface area contributed by atoms with Crippen LogP contribution >= 0.6 is 23.2 Å². The zero-order valence-corrected chi connectivity index (χ0v) is 15.7. The van der Waals surface area contributed by atoms with Crippen LogP contribution in [0.1, 0.15) is 18.7 Å². The van der Waals surface area contributed by atoms with Crippen molar-refractivity contribution >= 4 is 34.4 Å². The Morgan fingerprint density at radius 1 is 1.15 bits per heavy atom. The van der Waals surface area contributed by atoms with Gasteiger partial charge in [-0.15, -0.1) is 0 Å². The normalized spacial score (nSPS) is 25.2. The Morgan fingerprint density at radius 2 is 1.96 bits per heavy atom. The molecule has 4 rings (SSSR count). The minimum Gasteiger partial charge on any atom is -0.471 e. The van der Waals surface area contributed by atoms with Crippen molar-refractivity contribution < 1.29 is 19.7 Å². The molecule has 1 fully saturated rings. The van der Waals surface area contributed by atoms with Gasteiger partial charge in [0.05, 0.1) is 22.5 Å². The number of benzene rings is 1. The number of fused-ring (bicyclic) bond motifs is 1. The van der Waals surface area contributed by atoms with Gasteiger partial charge in [0.2, 0.25) is 5.88 Å². The minimum atomic E-state index is -1.09. The molecule has 10 heteroatoms. The number of aliphatic hydroxyl groups is 2. The van der Waals surface area contributed by atoms with E-state index >= 15 is 0 Å². The number of hydrogen-bond donors (Lipinski definition) is 2. The molecule has 0 aliphatic carbocycles. The second-order valence-corrected chi connectivity index (χ2v) is 7.07. The van der Waals surface area contributed by atoms with Gasteiger partial charge in [0.25, 0.3) is 0 Å². The zero-order chi connectivity index (χ0) is 19.1. The van der Waals surface area contributed by atoms with Crippen molar-refractivity contribution in [2.24, 2.45) is 0 Å². The molecule has 8 nitrogen and oxygen atoms in total. The Bertz CT molecular complexity index is 983. The molecule has 1 aliphatic rings. The summed E-state index contributed by atoms with van der Waals surface area (Å²) in [5.41, 5.74) is 1.67. The summed E-state index contributed by atoms with van der Waals surface area (Å²) < 4.78 is 12.9. The highest BCUT2D eigenvalue weighted by atomic mass is 35.5. The van der Waals surface area contributed by atoms with Crippen LogP contribution in [-0.2, 0) is 11.3 Å². The molecule has 1 saturated heterocycles. The second-order valence-electron chi connectivity index (χ2n) is 6.25. The van der Waals surface area contributed by atoms with Gasteiger partial charge in [-0.1, -0.05) is 29.3 Å². The molecule has 27 heavy (non-hydrogen) atoms. The zero-order valence-electron chi connectivity index (χ0n) is 14.2. The fourth-order valence-electron chi connectivity index (χ4n) is 2.96. The quantitative estimate of drug-likeness (QED) is 0.680. The Morgan fingerprint density at radius 3 is 2.67 bits per heavy atom. The summed E-state index contributed by atoms with van der Waals surface area (Å²) in [4.78, 5) is 12.6. The van der Waals surface area contributed by atoms with E-state index in [1.807, 2.05) is 0 Å². The molecule has 2 N–H and O–H groups in total. The van der Waals surface area contributed by atoms with E-state index in [-0.39, 0.29) is 12.5 Å². The first kappa shape index (κ1) is 18.4. The molecule has 0 spiro atoms. The highest BCUT2D eigenvalue weighted by Gasteiger charge is 2.42. The van der Waals surface area contributed by atoms with E-state index in [4.69, 9.17) is 32.7 Å². The molecular formula is C17H16Cl2N4O4. The Balaban J connectivity index is 1.60. The van der Waals surface area contributed by atoms with Crippen molar-refractivity contribution in [3.8, 4) is 5.88 Å². The van der Waals surface area contributed by atoms with Gasteiger partial charge in [0.15, 0.2) is 17.4 Å². The molecule has 142 valence electrons. The molecule has 0 bridgehead atoms. The summed E-state index contributed by atoms with van der Waals surface area (Å²) in [6.07, 6.45) is -0.560. The minimum absolute atomic E-state index is 0.216. The van der Waals surface area contributed by atoms with Crippen molar-refractivity contribution in [1.29, 1.82) is 0 Å². The molecule has 4 atom stereocenters. The number of aromatic nitrogens is 4. The summed E-state index contributed by atoms with van der Waals surface area (Å²) in [5, 5.41) is 21.0. The topological polar surface area (TPSA) is 103 Å². The van der Waals surface area contributed by atoms with Crippen molar-refractivity contribution in [3.05, 3.63) is 46.5 Å². The lowest BCUT2D eigenvalue weighted by molar-refractivity contribution is -0.0299. The fourth-order valence-corrected chi connectivity index (χ4v) is 3.28. The number of rotatable bonds is 4. The lowest BCUT2D eigenvalue weighted by atomic mass is 10.1. The van der Waals surface area contributed by atoms with E-state index in [0.717, 1.165) is 5.56 Å². The van der Waals surface area contributed by atoms with E-state index in [2.05, 4.69) is 15.0 Å². The van der Waals surface area contributed by atoms with Gasteiger partial charge in [0, 0.05) is 0 Å². The Kier molecular flexibility index (Phi) is 4.92. The molecule has 0 saturated carbocycles. The molecule has 3 aromatic rings. The maximum atomic E-state index is 10.2. The van der Waals surface area contributed by atoms with Crippen LogP contribution in [0.25, 0.3) is 11.2 Å². The number of hydrogen-bond acceptors (Lipinski definition) is 7. The van der Waals surface area contributed by atoms with Gasteiger partial charge < -0.3 is 19.7 Å². The monoisotopic (exact) mass is 410 g/mol. The van der Waals surface area contributed by atoms with E-state index in [0.29, 0.717) is 21.2 Å². The molecule has 1 aliphatic heterocycles. The van der Waals surface area contributed by atoms with Crippen LogP contribution in [0.4, 0.5) is 0 Å². The second kappa shape index (κ2) is 7.21. The molecular weight excluding hydrogens is 395 g/mol. The van der Waals surface area contributed by atoms with Crippen LogP contribution < -0.4 is 4.74 Å². The van der Waals surface area contributed by atoms with E-state index < -0.39 is 24.5 Å². The SMILES string of the molecule is C[C@H]1O[C@@H](n2cnc3c(OCc4ccc(Cl)c(Cl)c4)ncnc32)[C@H](O)[C@@H]1O. The lowest BCUT2D eigenvalue weighted by Crippen LogP contribution is -2.30. The smallest absolute Gasteiger partial charge is 0.245 e. The van der Waals surface area contributed by atoms with Gasteiger partial charge in [0.1, 0.15) is 25.1 Å². The van der Waals surface area contributed by atoms with Crippen molar-refractivity contribution in [3.63, 3.8) is 0 Å². The predicted molar refractivity (Wildman–Crippen MR) is 97.7 cm³/mol. The maximum Gasteiger partial charge on any atom is 0.245 e. The fraction of sp³-hybridized carbons (Fsp3) is 0.353. The number of nitrogens with zero attached hydrogens (tertiary/aromatic N) is 4. The number of halogens is 2. The largest absolute Gasteiger partial charge is 0.471 e. The van der Waals surface area contributed by atoms with Crippen LogP contribution in [0.5, 0.6) is 5.88 Å². The maximum absolute atomic E-state index is 10.2. The molecule has 0 unspecified atom stereocenters. The predicted octanol–water partition coefficient (Wildman–Crippen LogP) is 2.35. The molecule has 0 amide bonds.